The van der Waals surface area contributed by atoms with Crippen LogP contribution in [0.4, 0.5) is 0 Å². The number of aryl methyl sites for hydroxylation is 1. The van der Waals surface area contributed by atoms with E-state index in [-0.39, 0.29) is 6.04 Å². The van der Waals surface area contributed by atoms with Gasteiger partial charge in [-0.2, -0.15) is 5.10 Å². The first kappa shape index (κ1) is 9.02. The maximum Gasteiger partial charge on any atom is 0.120 e. The molecule has 0 aliphatic rings. The molecular formula is C10H13N3O. The van der Waals surface area contributed by atoms with Crippen molar-refractivity contribution in [2.24, 2.45) is 12.8 Å². The standard InChI is InChI=1S/C10H13N3O/c1-13-5-4-8(12-13)7-9(11)10-3-2-6-14-10/h2-6,9H,7,11H2,1H3. The number of nitrogens with two attached hydrogens (primary N) is 1. The highest BCUT2D eigenvalue weighted by molar-refractivity contribution is 5.09. The molecule has 2 aromatic rings. The Balaban J connectivity index is 2.05. The Morgan fingerprint density at radius 1 is 1.57 bits per heavy atom. The van der Waals surface area contributed by atoms with Crippen LogP contribution in [0.1, 0.15) is 17.5 Å². The second kappa shape index (κ2) is 3.67. The summed E-state index contributed by atoms with van der Waals surface area (Å²) >= 11 is 0. The van der Waals surface area contributed by atoms with E-state index in [0.29, 0.717) is 6.42 Å². The Bertz CT molecular complexity index is 391. The Hall–Kier alpha value is -1.55. The molecule has 0 aliphatic carbocycles. The zero-order chi connectivity index (χ0) is 9.97. The quantitative estimate of drug-likeness (QED) is 0.794. The molecule has 0 bridgehead atoms. The van der Waals surface area contributed by atoms with E-state index in [4.69, 9.17) is 10.2 Å². The van der Waals surface area contributed by atoms with E-state index < -0.39 is 0 Å². The predicted octanol–water partition coefficient (Wildman–Crippen LogP) is 1.26. The summed E-state index contributed by atoms with van der Waals surface area (Å²) < 4.78 is 6.98. The maximum atomic E-state index is 5.94. The van der Waals surface area contributed by atoms with Gasteiger partial charge in [0.1, 0.15) is 5.76 Å². The molecule has 0 aliphatic heterocycles. The minimum absolute atomic E-state index is 0.111. The van der Waals surface area contributed by atoms with Crippen molar-refractivity contribution >= 4 is 0 Å². The minimum atomic E-state index is -0.111. The van der Waals surface area contributed by atoms with Gasteiger partial charge in [0, 0.05) is 19.7 Å². The van der Waals surface area contributed by atoms with E-state index in [1.54, 1.807) is 10.9 Å². The molecule has 2 rings (SSSR count). The van der Waals surface area contributed by atoms with Gasteiger partial charge < -0.3 is 10.2 Å². The number of aromatic nitrogens is 2. The monoisotopic (exact) mass is 191 g/mol. The van der Waals surface area contributed by atoms with Crippen molar-refractivity contribution in [1.82, 2.24) is 9.78 Å². The molecule has 2 N–H and O–H groups in total. The lowest BCUT2D eigenvalue weighted by Gasteiger charge is -2.05. The fourth-order valence-corrected chi connectivity index (χ4v) is 1.40. The Labute approximate surface area is 82.3 Å². The molecule has 0 spiro atoms. The summed E-state index contributed by atoms with van der Waals surface area (Å²) in [5.41, 5.74) is 6.92. The fourth-order valence-electron chi connectivity index (χ4n) is 1.40. The van der Waals surface area contributed by atoms with Gasteiger partial charge in [-0.1, -0.05) is 0 Å². The van der Waals surface area contributed by atoms with Crippen molar-refractivity contribution < 1.29 is 4.42 Å². The highest BCUT2D eigenvalue weighted by atomic mass is 16.3. The predicted molar refractivity (Wildman–Crippen MR) is 52.5 cm³/mol. The van der Waals surface area contributed by atoms with Crippen LogP contribution < -0.4 is 5.73 Å². The Morgan fingerprint density at radius 2 is 2.43 bits per heavy atom. The van der Waals surface area contributed by atoms with Crippen LogP contribution in [0.2, 0.25) is 0 Å². The van der Waals surface area contributed by atoms with Gasteiger partial charge in [0.25, 0.3) is 0 Å². The summed E-state index contributed by atoms with van der Waals surface area (Å²) in [7, 11) is 1.89. The minimum Gasteiger partial charge on any atom is -0.468 e. The van der Waals surface area contributed by atoms with E-state index in [1.807, 2.05) is 31.4 Å². The molecule has 2 heterocycles. The van der Waals surface area contributed by atoms with Crippen LogP contribution >= 0.6 is 0 Å². The third-order valence-corrected chi connectivity index (χ3v) is 2.11. The van der Waals surface area contributed by atoms with Gasteiger partial charge >= 0.3 is 0 Å². The van der Waals surface area contributed by atoms with Crippen LogP contribution in [0.3, 0.4) is 0 Å². The molecule has 1 atom stereocenters. The first-order valence-electron chi connectivity index (χ1n) is 4.53. The van der Waals surface area contributed by atoms with Gasteiger partial charge in [-0.3, -0.25) is 4.68 Å². The summed E-state index contributed by atoms with van der Waals surface area (Å²) in [6.07, 6.45) is 4.24. The Kier molecular flexibility index (Phi) is 2.37. The number of hydrogen-bond acceptors (Lipinski definition) is 3. The van der Waals surface area contributed by atoms with E-state index in [0.717, 1.165) is 11.5 Å². The molecule has 2 aromatic heterocycles. The molecule has 74 valence electrons. The molecule has 0 saturated carbocycles. The number of rotatable bonds is 3. The molecule has 0 amide bonds. The largest absolute Gasteiger partial charge is 0.468 e. The molecule has 0 fully saturated rings. The summed E-state index contributed by atoms with van der Waals surface area (Å²) in [6.45, 7) is 0. The summed E-state index contributed by atoms with van der Waals surface area (Å²) in [5.74, 6) is 0.802. The normalized spacial score (nSPS) is 13.0. The van der Waals surface area contributed by atoms with Crippen molar-refractivity contribution in [3.8, 4) is 0 Å². The molecule has 14 heavy (non-hydrogen) atoms. The van der Waals surface area contributed by atoms with E-state index in [1.165, 1.54) is 0 Å². The third kappa shape index (κ3) is 1.85. The summed E-state index contributed by atoms with van der Waals surface area (Å²) in [6, 6.07) is 5.57. The highest BCUT2D eigenvalue weighted by Gasteiger charge is 2.10. The molecule has 0 radical (unpaired) electrons. The molecule has 0 aromatic carbocycles. The van der Waals surface area contributed by atoms with E-state index in [2.05, 4.69) is 5.10 Å². The van der Waals surface area contributed by atoms with E-state index in [9.17, 15) is 0 Å². The fraction of sp³-hybridized carbons (Fsp3) is 0.300. The first-order chi connectivity index (χ1) is 6.75. The molecule has 4 heteroatoms. The maximum absolute atomic E-state index is 5.94. The molecule has 1 unspecified atom stereocenters. The lowest BCUT2D eigenvalue weighted by Crippen LogP contribution is -2.12. The summed E-state index contributed by atoms with van der Waals surface area (Å²) in [4.78, 5) is 0. The number of furan rings is 1. The van der Waals surface area contributed by atoms with Gasteiger partial charge in [0.2, 0.25) is 0 Å². The lowest BCUT2D eigenvalue weighted by atomic mass is 10.1. The average molecular weight is 191 g/mol. The van der Waals surface area contributed by atoms with Crippen molar-refractivity contribution in [2.75, 3.05) is 0 Å². The van der Waals surface area contributed by atoms with Crippen molar-refractivity contribution in [3.63, 3.8) is 0 Å². The van der Waals surface area contributed by atoms with Crippen LogP contribution in [-0.2, 0) is 13.5 Å². The zero-order valence-electron chi connectivity index (χ0n) is 8.05. The Morgan fingerprint density at radius 3 is 3.00 bits per heavy atom. The molecule has 4 nitrogen and oxygen atoms in total. The SMILES string of the molecule is Cn1ccc(CC(N)c2ccco2)n1. The molecule has 0 saturated heterocycles. The molecular weight excluding hydrogens is 178 g/mol. The van der Waals surface area contributed by atoms with Gasteiger partial charge in [-0.05, 0) is 18.2 Å². The number of hydrogen-bond donors (Lipinski definition) is 1. The van der Waals surface area contributed by atoms with Crippen LogP contribution in [0.15, 0.2) is 35.1 Å². The van der Waals surface area contributed by atoms with E-state index >= 15 is 0 Å². The van der Waals surface area contributed by atoms with Crippen molar-refractivity contribution in [3.05, 3.63) is 42.1 Å². The second-order valence-electron chi connectivity index (χ2n) is 3.31. The third-order valence-electron chi connectivity index (χ3n) is 2.11. The van der Waals surface area contributed by atoms with Crippen LogP contribution in [0.25, 0.3) is 0 Å². The topological polar surface area (TPSA) is 57.0 Å². The van der Waals surface area contributed by atoms with Crippen LogP contribution in [-0.4, -0.2) is 9.78 Å². The zero-order valence-corrected chi connectivity index (χ0v) is 8.05. The highest BCUT2D eigenvalue weighted by Crippen LogP contribution is 2.14. The van der Waals surface area contributed by atoms with Crippen LogP contribution in [0.5, 0.6) is 0 Å². The van der Waals surface area contributed by atoms with Crippen molar-refractivity contribution in [1.29, 1.82) is 0 Å². The number of nitrogens with zero attached hydrogens (tertiary/aromatic N) is 2. The smallest absolute Gasteiger partial charge is 0.120 e. The van der Waals surface area contributed by atoms with Gasteiger partial charge in [0.05, 0.1) is 18.0 Å². The second-order valence-corrected chi connectivity index (χ2v) is 3.31. The summed E-state index contributed by atoms with van der Waals surface area (Å²) in [5, 5.41) is 4.26. The van der Waals surface area contributed by atoms with Crippen molar-refractivity contribution in [2.45, 2.75) is 12.5 Å². The van der Waals surface area contributed by atoms with Gasteiger partial charge in [0.15, 0.2) is 0 Å². The first-order valence-corrected chi connectivity index (χ1v) is 4.53. The van der Waals surface area contributed by atoms with Crippen LogP contribution in [0, 0.1) is 0 Å². The lowest BCUT2D eigenvalue weighted by molar-refractivity contribution is 0.462. The van der Waals surface area contributed by atoms with Gasteiger partial charge in [-0.25, -0.2) is 0 Å². The average Bonchev–Trinajstić information content (AvgIpc) is 2.75. The van der Waals surface area contributed by atoms with Gasteiger partial charge in [-0.15, -0.1) is 0 Å².